The van der Waals surface area contributed by atoms with Crippen molar-refractivity contribution in [1.82, 2.24) is 10.6 Å². The van der Waals surface area contributed by atoms with Crippen LogP contribution in [0.4, 0.5) is 0 Å². The van der Waals surface area contributed by atoms with E-state index in [4.69, 9.17) is 9.84 Å². The van der Waals surface area contributed by atoms with Gasteiger partial charge in [0.15, 0.2) is 0 Å². The number of halogens is 1. The molecule has 4 nitrogen and oxygen atoms in total. The summed E-state index contributed by atoms with van der Waals surface area (Å²) in [5.41, 5.74) is 2.28. The van der Waals surface area contributed by atoms with E-state index >= 15 is 0 Å². The van der Waals surface area contributed by atoms with Gasteiger partial charge in [0.2, 0.25) is 0 Å². The van der Waals surface area contributed by atoms with E-state index in [0.29, 0.717) is 13.2 Å². The summed E-state index contributed by atoms with van der Waals surface area (Å²) in [4.78, 5) is 0. The summed E-state index contributed by atoms with van der Waals surface area (Å²) in [7, 11) is 0. The molecular weight excluding hydrogens is 356 g/mol. The fourth-order valence-electron chi connectivity index (χ4n) is 2.17. The molecule has 0 amide bonds. The Hall–Kier alpha value is -1.40. The molecule has 0 aromatic heterocycles. The highest BCUT2D eigenvalue weighted by molar-refractivity contribution is 9.10. The van der Waals surface area contributed by atoms with E-state index in [1.807, 2.05) is 30.3 Å². The lowest BCUT2D eigenvalue weighted by Gasteiger charge is -2.13. The second kappa shape index (κ2) is 10.4. The summed E-state index contributed by atoms with van der Waals surface area (Å²) in [5, 5.41) is 15.2. The Morgan fingerprint density at radius 2 is 1.74 bits per heavy atom. The van der Waals surface area contributed by atoms with Gasteiger partial charge in [-0.3, -0.25) is 0 Å². The molecule has 2 aromatic carbocycles. The number of hydrogen-bond donors (Lipinski definition) is 3. The van der Waals surface area contributed by atoms with Crippen molar-refractivity contribution < 1.29 is 9.84 Å². The number of rotatable bonds is 10. The maximum absolute atomic E-state index is 8.72. The second-order valence-corrected chi connectivity index (χ2v) is 6.09. The molecule has 0 fully saturated rings. The van der Waals surface area contributed by atoms with Crippen molar-refractivity contribution in [2.24, 2.45) is 0 Å². The SMILES string of the molecule is OCCNCCNCc1cc(Br)ccc1OCc1ccccc1. The zero-order chi connectivity index (χ0) is 16.3. The van der Waals surface area contributed by atoms with E-state index in [1.165, 1.54) is 0 Å². The summed E-state index contributed by atoms with van der Waals surface area (Å²) in [5.74, 6) is 0.896. The summed E-state index contributed by atoms with van der Waals surface area (Å²) in [6.45, 7) is 3.77. The highest BCUT2D eigenvalue weighted by atomic mass is 79.9. The van der Waals surface area contributed by atoms with E-state index < -0.39 is 0 Å². The molecule has 0 aliphatic heterocycles. The third-order valence-corrected chi connectivity index (χ3v) is 3.84. The standard InChI is InChI=1S/C18H23BrN2O2/c19-17-6-7-18(23-14-15-4-2-1-3-5-15)16(12-17)13-21-9-8-20-10-11-22/h1-7,12,20-22H,8-11,13-14H2. The molecule has 0 saturated heterocycles. The largest absolute Gasteiger partial charge is 0.489 e. The van der Waals surface area contributed by atoms with Crippen LogP contribution >= 0.6 is 15.9 Å². The lowest BCUT2D eigenvalue weighted by atomic mass is 10.2. The zero-order valence-electron chi connectivity index (χ0n) is 13.1. The molecule has 23 heavy (non-hydrogen) atoms. The van der Waals surface area contributed by atoms with Gasteiger partial charge in [-0.1, -0.05) is 46.3 Å². The minimum absolute atomic E-state index is 0.170. The van der Waals surface area contributed by atoms with Gasteiger partial charge < -0.3 is 20.5 Å². The lowest BCUT2D eigenvalue weighted by Crippen LogP contribution is -2.28. The molecule has 0 bridgehead atoms. The predicted molar refractivity (Wildman–Crippen MR) is 96.6 cm³/mol. The molecule has 0 unspecified atom stereocenters. The summed E-state index contributed by atoms with van der Waals surface area (Å²) < 4.78 is 7.01. The summed E-state index contributed by atoms with van der Waals surface area (Å²) in [6.07, 6.45) is 0. The maximum Gasteiger partial charge on any atom is 0.124 e. The Morgan fingerprint density at radius 3 is 2.52 bits per heavy atom. The number of nitrogens with one attached hydrogen (secondary N) is 2. The van der Waals surface area contributed by atoms with Crippen LogP contribution in [0.1, 0.15) is 11.1 Å². The molecule has 2 rings (SSSR count). The minimum Gasteiger partial charge on any atom is -0.489 e. The molecule has 2 aromatic rings. The minimum atomic E-state index is 0.170. The predicted octanol–water partition coefficient (Wildman–Crippen LogP) is 2.70. The number of aliphatic hydroxyl groups excluding tert-OH is 1. The third-order valence-electron chi connectivity index (χ3n) is 3.34. The number of benzene rings is 2. The van der Waals surface area contributed by atoms with Crippen molar-refractivity contribution in [2.45, 2.75) is 13.2 Å². The van der Waals surface area contributed by atoms with Crippen LogP contribution in [0.15, 0.2) is 53.0 Å². The fourth-order valence-corrected chi connectivity index (χ4v) is 2.57. The Balaban J connectivity index is 1.86. The van der Waals surface area contributed by atoms with Crippen molar-refractivity contribution in [3.63, 3.8) is 0 Å². The van der Waals surface area contributed by atoms with Crippen molar-refractivity contribution >= 4 is 15.9 Å². The summed E-state index contributed by atoms with van der Waals surface area (Å²) in [6, 6.07) is 16.2. The Bertz CT molecular complexity index is 578. The lowest BCUT2D eigenvalue weighted by molar-refractivity contribution is 0.292. The van der Waals surface area contributed by atoms with Gasteiger partial charge >= 0.3 is 0 Å². The van der Waals surface area contributed by atoms with Crippen LogP contribution in [0.25, 0.3) is 0 Å². The Kier molecular flexibility index (Phi) is 8.11. The van der Waals surface area contributed by atoms with E-state index in [9.17, 15) is 0 Å². The van der Waals surface area contributed by atoms with Crippen LogP contribution in [0.2, 0.25) is 0 Å². The molecule has 3 N–H and O–H groups in total. The molecule has 0 saturated carbocycles. The molecule has 0 atom stereocenters. The highest BCUT2D eigenvalue weighted by Crippen LogP contribution is 2.24. The first-order valence-corrected chi connectivity index (χ1v) is 8.56. The first-order chi connectivity index (χ1) is 11.3. The van der Waals surface area contributed by atoms with Crippen LogP contribution in [0.5, 0.6) is 5.75 Å². The zero-order valence-corrected chi connectivity index (χ0v) is 14.7. The molecule has 124 valence electrons. The molecule has 5 heteroatoms. The van der Waals surface area contributed by atoms with Crippen LogP contribution in [-0.4, -0.2) is 31.3 Å². The number of hydrogen-bond acceptors (Lipinski definition) is 4. The molecule has 0 spiro atoms. The molecule has 0 heterocycles. The number of ether oxygens (including phenoxy) is 1. The van der Waals surface area contributed by atoms with E-state index in [1.54, 1.807) is 0 Å². The second-order valence-electron chi connectivity index (χ2n) is 5.18. The monoisotopic (exact) mass is 378 g/mol. The van der Waals surface area contributed by atoms with Gasteiger partial charge in [-0.25, -0.2) is 0 Å². The van der Waals surface area contributed by atoms with Gasteiger partial charge in [0.1, 0.15) is 12.4 Å². The fraction of sp³-hybridized carbons (Fsp3) is 0.333. The average molecular weight is 379 g/mol. The van der Waals surface area contributed by atoms with Gasteiger partial charge in [0.25, 0.3) is 0 Å². The van der Waals surface area contributed by atoms with Crippen LogP contribution in [-0.2, 0) is 13.2 Å². The van der Waals surface area contributed by atoms with Gasteiger partial charge in [0.05, 0.1) is 6.61 Å². The molecule has 0 radical (unpaired) electrons. The van der Waals surface area contributed by atoms with Gasteiger partial charge in [-0.05, 0) is 23.8 Å². The quantitative estimate of drug-likeness (QED) is 0.556. The van der Waals surface area contributed by atoms with Crippen molar-refractivity contribution in [1.29, 1.82) is 0 Å². The number of aliphatic hydroxyl groups is 1. The molecule has 0 aliphatic carbocycles. The van der Waals surface area contributed by atoms with Crippen LogP contribution in [0, 0.1) is 0 Å². The van der Waals surface area contributed by atoms with E-state index in [2.05, 4.69) is 44.8 Å². The normalized spacial score (nSPS) is 10.7. The maximum atomic E-state index is 8.72. The first kappa shape index (κ1) is 17.9. The Morgan fingerprint density at radius 1 is 0.957 bits per heavy atom. The van der Waals surface area contributed by atoms with E-state index in [-0.39, 0.29) is 6.61 Å². The van der Waals surface area contributed by atoms with Gasteiger partial charge in [-0.15, -0.1) is 0 Å². The average Bonchev–Trinajstić information content (AvgIpc) is 2.58. The van der Waals surface area contributed by atoms with Crippen LogP contribution < -0.4 is 15.4 Å². The first-order valence-electron chi connectivity index (χ1n) is 7.77. The van der Waals surface area contributed by atoms with Gasteiger partial charge in [0, 0.05) is 36.2 Å². The van der Waals surface area contributed by atoms with E-state index in [0.717, 1.165) is 41.0 Å². The smallest absolute Gasteiger partial charge is 0.124 e. The molecule has 0 aliphatic rings. The van der Waals surface area contributed by atoms with Gasteiger partial charge in [-0.2, -0.15) is 0 Å². The van der Waals surface area contributed by atoms with Crippen molar-refractivity contribution in [3.05, 3.63) is 64.1 Å². The summed E-state index contributed by atoms with van der Waals surface area (Å²) >= 11 is 3.51. The van der Waals surface area contributed by atoms with Crippen molar-refractivity contribution in [2.75, 3.05) is 26.2 Å². The van der Waals surface area contributed by atoms with Crippen molar-refractivity contribution in [3.8, 4) is 5.75 Å². The topological polar surface area (TPSA) is 53.5 Å². The third kappa shape index (κ3) is 6.71. The Labute approximate surface area is 146 Å². The highest BCUT2D eigenvalue weighted by Gasteiger charge is 2.05. The molecular formula is C18H23BrN2O2. The van der Waals surface area contributed by atoms with Crippen LogP contribution in [0.3, 0.4) is 0 Å².